The van der Waals surface area contributed by atoms with Crippen molar-refractivity contribution in [1.82, 2.24) is 5.32 Å². The molecule has 2 N–H and O–H groups in total. The summed E-state index contributed by atoms with van der Waals surface area (Å²) in [4.78, 5) is 0. The Morgan fingerprint density at radius 2 is 1.57 bits per heavy atom. The highest BCUT2D eigenvalue weighted by Gasteiger charge is 2.18. The van der Waals surface area contributed by atoms with Gasteiger partial charge in [-0.05, 0) is 36.6 Å². The first-order chi connectivity index (χ1) is 10.2. The molecule has 0 saturated carbocycles. The van der Waals surface area contributed by atoms with Gasteiger partial charge in [-0.1, -0.05) is 55.8 Å². The van der Waals surface area contributed by atoms with Gasteiger partial charge in [0.05, 0.1) is 0 Å². The largest absolute Gasteiger partial charge is 0.508 e. The van der Waals surface area contributed by atoms with Gasteiger partial charge in [-0.15, -0.1) is 0 Å². The summed E-state index contributed by atoms with van der Waals surface area (Å²) >= 11 is 5.96. The predicted molar refractivity (Wildman–Crippen MR) is 88.8 cm³/mol. The SMILES string of the molecule is CCC(NC(CC)c1ccccc1O)c1ccc(Cl)cc1. The van der Waals surface area contributed by atoms with Gasteiger partial charge in [0, 0.05) is 22.7 Å². The molecule has 0 aliphatic carbocycles. The van der Waals surface area contributed by atoms with Gasteiger partial charge in [-0.25, -0.2) is 0 Å². The second-order valence-corrected chi connectivity index (χ2v) is 5.64. The van der Waals surface area contributed by atoms with Crippen LogP contribution in [0.4, 0.5) is 0 Å². The molecule has 2 atom stereocenters. The molecule has 2 aromatic rings. The van der Waals surface area contributed by atoms with Gasteiger partial charge in [-0.2, -0.15) is 0 Å². The Kier molecular flexibility index (Phi) is 5.66. The summed E-state index contributed by atoms with van der Waals surface area (Å²) < 4.78 is 0. The molecule has 0 aromatic heterocycles. The minimum Gasteiger partial charge on any atom is -0.508 e. The van der Waals surface area contributed by atoms with E-state index in [1.807, 2.05) is 30.3 Å². The molecular formula is C18H22ClNO. The van der Waals surface area contributed by atoms with Crippen molar-refractivity contribution in [2.75, 3.05) is 0 Å². The number of nitrogens with one attached hydrogen (secondary N) is 1. The predicted octanol–water partition coefficient (Wildman–Crippen LogP) is 5.24. The second kappa shape index (κ2) is 7.48. The molecule has 2 nitrogen and oxygen atoms in total. The van der Waals surface area contributed by atoms with Crippen LogP contribution < -0.4 is 5.32 Å². The maximum atomic E-state index is 10.0. The molecule has 0 fully saturated rings. The highest BCUT2D eigenvalue weighted by molar-refractivity contribution is 6.30. The number of aromatic hydroxyl groups is 1. The number of halogens is 1. The van der Waals surface area contributed by atoms with Gasteiger partial charge >= 0.3 is 0 Å². The Balaban J connectivity index is 2.19. The topological polar surface area (TPSA) is 32.3 Å². The van der Waals surface area contributed by atoms with Crippen molar-refractivity contribution in [2.45, 2.75) is 38.8 Å². The quantitative estimate of drug-likeness (QED) is 0.765. The average molecular weight is 304 g/mol. The minimum atomic E-state index is 0.131. The molecule has 2 unspecified atom stereocenters. The summed E-state index contributed by atoms with van der Waals surface area (Å²) in [5, 5.41) is 14.4. The third-order valence-electron chi connectivity index (χ3n) is 3.80. The zero-order valence-electron chi connectivity index (χ0n) is 12.5. The van der Waals surface area contributed by atoms with Crippen LogP contribution in [0.15, 0.2) is 48.5 Å². The minimum absolute atomic E-state index is 0.131. The van der Waals surface area contributed by atoms with Crippen LogP contribution in [0.2, 0.25) is 5.02 Å². The average Bonchev–Trinajstić information content (AvgIpc) is 2.51. The highest BCUT2D eigenvalue weighted by Crippen LogP contribution is 2.29. The van der Waals surface area contributed by atoms with Gasteiger partial charge in [0.1, 0.15) is 5.75 Å². The molecule has 0 bridgehead atoms. The molecule has 2 rings (SSSR count). The van der Waals surface area contributed by atoms with Gasteiger partial charge in [0.2, 0.25) is 0 Å². The van der Waals surface area contributed by atoms with E-state index in [1.54, 1.807) is 6.07 Å². The fourth-order valence-electron chi connectivity index (χ4n) is 2.60. The van der Waals surface area contributed by atoms with Crippen molar-refractivity contribution in [1.29, 1.82) is 0 Å². The summed E-state index contributed by atoms with van der Waals surface area (Å²) in [6.07, 6.45) is 1.90. The van der Waals surface area contributed by atoms with Crippen molar-refractivity contribution >= 4 is 11.6 Å². The lowest BCUT2D eigenvalue weighted by atomic mass is 9.98. The first kappa shape index (κ1) is 15.9. The Morgan fingerprint density at radius 3 is 2.14 bits per heavy atom. The van der Waals surface area contributed by atoms with Crippen molar-refractivity contribution in [3.05, 3.63) is 64.7 Å². The lowest BCUT2D eigenvalue weighted by Crippen LogP contribution is -2.25. The Bertz CT molecular complexity index is 568. The molecule has 0 saturated heterocycles. The summed E-state index contributed by atoms with van der Waals surface area (Å²) in [6.45, 7) is 4.28. The van der Waals surface area contributed by atoms with E-state index in [1.165, 1.54) is 5.56 Å². The van der Waals surface area contributed by atoms with Crippen molar-refractivity contribution < 1.29 is 5.11 Å². The van der Waals surface area contributed by atoms with Crippen LogP contribution in [-0.2, 0) is 0 Å². The summed E-state index contributed by atoms with van der Waals surface area (Å²) in [7, 11) is 0. The van der Waals surface area contributed by atoms with Crippen LogP contribution in [0.3, 0.4) is 0 Å². The smallest absolute Gasteiger partial charge is 0.120 e. The Hall–Kier alpha value is -1.51. The van der Waals surface area contributed by atoms with E-state index >= 15 is 0 Å². The van der Waals surface area contributed by atoms with Crippen molar-refractivity contribution in [3.63, 3.8) is 0 Å². The number of phenols is 1. The van der Waals surface area contributed by atoms with Crippen LogP contribution in [0, 0.1) is 0 Å². The molecular weight excluding hydrogens is 282 g/mol. The van der Waals surface area contributed by atoms with Crippen molar-refractivity contribution in [2.24, 2.45) is 0 Å². The second-order valence-electron chi connectivity index (χ2n) is 5.20. The van der Waals surface area contributed by atoms with Gasteiger partial charge in [0.25, 0.3) is 0 Å². The Morgan fingerprint density at radius 1 is 0.952 bits per heavy atom. The van der Waals surface area contributed by atoms with E-state index < -0.39 is 0 Å². The lowest BCUT2D eigenvalue weighted by molar-refractivity contribution is 0.402. The monoisotopic (exact) mass is 303 g/mol. The molecule has 2 aromatic carbocycles. The van der Waals surface area contributed by atoms with E-state index in [0.29, 0.717) is 5.75 Å². The standard InChI is InChI=1S/C18H22ClNO/c1-3-16(13-9-11-14(19)12-10-13)20-17(4-2)15-7-5-6-8-18(15)21/h5-12,16-17,20-21H,3-4H2,1-2H3. The Labute approximate surface area is 131 Å². The first-order valence-electron chi connectivity index (χ1n) is 7.45. The van der Waals surface area contributed by atoms with E-state index in [4.69, 9.17) is 11.6 Å². The third kappa shape index (κ3) is 3.99. The van der Waals surface area contributed by atoms with Gasteiger partial charge < -0.3 is 10.4 Å². The summed E-state index contributed by atoms with van der Waals surface area (Å²) in [6, 6.07) is 15.9. The van der Waals surface area contributed by atoms with E-state index in [9.17, 15) is 5.11 Å². The summed E-state index contributed by atoms with van der Waals surface area (Å²) in [5.41, 5.74) is 2.17. The normalized spacial score (nSPS) is 13.9. The number of rotatable bonds is 6. The number of hydrogen-bond donors (Lipinski definition) is 2. The van der Waals surface area contributed by atoms with Gasteiger partial charge in [0.15, 0.2) is 0 Å². The molecule has 0 heterocycles. The fraction of sp³-hybridized carbons (Fsp3) is 0.333. The van der Waals surface area contributed by atoms with E-state index in [-0.39, 0.29) is 12.1 Å². The third-order valence-corrected chi connectivity index (χ3v) is 4.06. The maximum Gasteiger partial charge on any atom is 0.120 e. The number of hydrogen-bond acceptors (Lipinski definition) is 2. The highest BCUT2D eigenvalue weighted by atomic mass is 35.5. The fourth-order valence-corrected chi connectivity index (χ4v) is 2.72. The van der Waals surface area contributed by atoms with Crippen molar-refractivity contribution in [3.8, 4) is 5.75 Å². The lowest BCUT2D eigenvalue weighted by Gasteiger charge is -2.25. The molecule has 0 radical (unpaired) electrons. The maximum absolute atomic E-state index is 10.0. The molecule has 3 heteroatoms. The summed E-state index contributed by atoms with van der Waals surface area (Å²) in [5.74, 6) is 0.350. The van der Waals surface area contributed by atoms with Crippen LogP contribution in [-0.4, -0.2) is 5.11 Å². The molecule has 21 heavy (non-hydrogen) atoms. The van der Waals surface area contributed by atoms with E-state index in [0.717, 1.165) is 23.4 Å². The molecule has 0 amide bonds. The number of para-hydroxylation sites is 1. The van der Waals surface area contributed by atoms with Crippen LogP contribution >= 0.6 is 11.6 Å². The number of phenolic OH excluding ortho intramolecular Hbond substituents is 1. The molecule has 0 aliphatic rings. The van der Waals surface area contributed by atoms with E-state index in [2.05, 4.69) is 31.3 Å². The number of benzene rings is 2. The first-order valence-corrected chi connectivity index (χ1v) is 7.82. The van der Waals surface area contributed by atoms with Crippen LogP contribution in [0.25, 0.3) is 0 Å². The van der Waals surface area contributed by atoms with Crippen LogP contribution in [0.1, 0.15) is 49.9 Å². The molecule has 0 spiro atoms. The molecule has 112 valence electrons. The zero-order chi connectivity index (χ0) is 15.2. The van der Waals surface area contributed by atoms with Crippen LogP contribution in [0.5, 0.6) is 5.75 Å². The molecule has 0 aliphatic heterocycles. The zero-order valence-corrected chi connectivity index (χ0v) is 13.3. The van der Waals surface area contributed by atoms with Gasteiger partial charge in [-0.3, -0.25) is 0 Å².